The Balaban J connectivity index is 1.79. The first-order valence-corrected chi connectivity index (χ1v) is 11.5. The third kappa shape index (κ3) is 5.27. The number of thiophene rings is 1. The monoisotopic (exact) mass is 451 g/mol. The van der Waals surface area contributed by atoms with Crippen molar-refractivity contribution in [3.8, 4) is 12.1 Å². The van der Waals surface area contributed by atoms with Gasteiger partial charge in [-0.2, -0.15) is 10.5 Å². The van der Waals surface area contributed by atoms with Gasteiger partial charge >= 0.3 is 5.97 Å². The van der Waals surface area contributed by atoms with Gasteiger partial charge < -0.3 is 14.1 Å². The summed E-state index contributed by atoms with van der Waals surface area (Å²) in [7, 11) is 0. The summed E-state index contributed by atoms with van der Waals surface area (Å²) in [5.41, 5.74) is 0.717. The SMILES string of the molecule is CCOC(=O)c1sc(CC(=O)/C(C#N)=C/c2ccc(N3CCCCCC3)o2)c(C#N)c1C. The van der Waals surface area contributed by atoms with Crippen LogP contribution in [0.25, 0.3) is 6.08 Å². The lowest BCUT2D eigenvalue weighted by molar-refractivity contribution is -0.114. The summed E-state index contributed by atoms with van der Waals surface area (Å²) in [6, 6.07) is 7.61. The van der Waals surface area contributed by atoms with Crippen LogP contribution in [0.4, 0.5) is 5.88 Å². The molecule has 0 radical (unpaired) electrons. The lowest BCUT2D eigenvalue weighted by atomic mass is 10.0. The Kier molecular flexibility index (Phi) is 7.86. The number of nitrogens with zero attached hydrogens (tertiary/aromatic N) is 3. The molecule has 0 amide bonds. The topological polar surface area (TPSA) is 107 Å². The van der Waals surface area contributed by atoms with E-state index in [2.05, 4.69) is 11.0 Å². The molecule has 3 heterocycles. The second-order valence-electron chi connectivity index (χ2n) is 7.53. The maximum Gasteiger partial charge on any atom is 0.348 e. The largest absolute Gasteiger partial charge is 0.462 e. The molecule has 2 aromatic rings. The lowest BCUT2D eigenvalue weighted by Gasteiger charge is -2.18. The average Bonchev–Trinajstić information content (AvgIpc) is 3.25. The highest BCUT2D eigenvalue weighted by Gasteiger charge is 2.23. The van der Waals surface area contributed by atoms with Crippen LogP contribution in [0.1, 0.15) is 64.0 Å². The summed E-state index contributed by atoms with van der Waals surface area (Å²) in [6.45, 7) is 5.43. The Morgan fingerprint density at radius 1 is 1.22 bits per heavy atom. The molecule has 0 aromatic carbocycles. The van der Waals surface area contributed by atoms with Gasteiger partial charge in [0.05, 0.1) is 17.7 Å². The zero-order valence-electron chi connectivity index (χ0n) is 18.3. The van der Waals surface area contributed by atoms with Crippen molar-refractivity contribution < 1.29 is 18.7 Å². The van der Waals surface area contributed by atoms with Crippen molar-refractivity contribution in [3.05, 3.63) is 44.3 Å². The maximum absolute atomic E-state index is 12.8. The summed E-state index contributed by atoms with van der Waals surface area (Å²) in [5, 5.41) is 19.1. The van der Waals surface area contributed by atoms with Crippen molar-refractivity contribution in [2.24, 2.45) is 0 Å². The first-order valence-electron chi connectivity index (χ1n) is 10.7. The number of Topliss-reactive ketones (excluding diaryl/α,β-unsaturated/α-hetero) is 1. The van der Waals surface area contributed by atoms with Gasteiger partial charge in [-0.3, -0.25) is 4.79 Å². The predicted molar refractivity (Wildman–Crippen MR) is 121 cm³/mol. The molecule has 3 rings (SSSR count). The normalized spacial score (nSPS) is 14.4. The molecule has 0 bridgehead atoms. The minimum atomic E-state index is -0.516. The molecule has 1 saturated heterocycles. The highest BCUT2D eigenvalue weighted by molar-refractivity contribution is 7.14. The zero-order valence-corrected chi connectivity index (χ0v) is 19.1. The van der Waals surface area contributed by atoms with E-state index in [0.717, 1.165) is 43.2 Å². The predicted octanol–water partition coefficient (Wildman–Crippen LogP) is 4.80. The van der Waals surface area contributed by atoms with Gasteiger partial charge in [-0.15, -0.1) is 11.3 Å². The zero-order chi connectivity index (χ0) is 23.1. The van der Waals surface area contributed by atoms with Gasteiger partial charge in [0.1, 0.15) is 22.8 Å². The molecule has 0 aliphatic carbocycles. The van der Waals surface area contributed by atoms with Crippen molar-refractivity contribution in [1.29, 1.82) is 10.5 Å². The molecular weight excluding hydrogens is 426 g/mol. The first kappa shape index (κ1) is 23.3. The van der Waals surface area contributed by atoms with Crippen LogP contribution < -0.4 is 4.90 Å². The fourth-order valence-electron chi connectivity index (χ4n) is 3.67. The third-order valence-electron chi connectivity index (χ3n) is 5.35. The molecule has 0 unspecified atom stereocenters. The van der Waals surface area contributed by atoms with Crippen molar-refractivity contribution in [2.45, 2.75) is 46.0 Å². The third-order valence-corrected chi connectivity index (χ3v) is 6.62. The number of rotatable bonds is 7. The Labute approximate surface area is 191 Å². The summed E-state index contributed by atoms with van der Waals surface area (Å²) in [4.78, 5) is 27.9. The van der Waals surface area contributed by atoms with Gasteiger partial charge in [0.15, 0.2) is 11.7 Å². The number of ketones is 1. The van der Waals surface area contributed by atoms with Gasteiger partial charge in [-0.25, -0.2) is 4.79 Å². The number of carbonyl (C=O) groups is 2. The molecule has 32 heavy (non-hydrogen) atoms. The van der Waals surface area contributed by atoms with Gasteiger partial charge in [0, 0.05) is 36.5 Å². The van der Waals surface area contributed by atoms with Crippen LogP contribution in [-0.2, 0) is 16.0 Å². The van der Waals surface area contributed by atoms with E-state index in [0.29, 0.717) is 21.1 Å². The van der Waals surface area contributed by atoms with Crippen LogP contribution in [-0.4, -0.2) is 31.4 Å². The molecular formula is C24H25N3O4S. The molecule has 166 valence electrons. The standard InChI is InChI=1S/C24H25N3O4S/c1-3-30-24(29)23-16(2)19(15-26)21(32-23)13-20(28)17(14-25)12-18-8-9-22(31-18)27-10-6-4-5-7-11-27/h8-9,12H,3-7,10-11,13H2,1-2H3/b17-12+. The van der Waals surface area contributed by atoms with E-state index in [9.17, 15) is 20.1 Å². The van der Waals surface area contributed by atoms with E-state index in [4.69, 9.17) is 9.15 Å². The van der Waals surface area contributed by atoms with Crippen LogP contribution in [0.3, 0.4) is 0 Å². The van der Waals surface area contributed by atoms with Gasteiger partial charge in [0.2, 0.25) is 0 Å². The smallest absolute Gasteiger partial charge is 0.348 e. The highest BCUT2D eigenvalue weighted by Crippen LogP contribution is 2.30. The lowest BCUT2D eigenvalue weighted by Crippen LogP contribution is -2.23. The number of nitriles is 2. The first-order chi connectivity index (χ1) is 15.5. The molecule has 0 spiro atoms. The second-order valence-corrected chi connectivity index (χ2v) is 8.64. The summed E-state index contributed by atoms with van der Waals surface area (Å²) in [5.74, 6) is 0.220. The van der Waals surface area contributed by atoms with Gasteiger partial charge in [0.25, 0.3) is 0 Å². The summed E-state index contributed by atoms with van der Waals surface area (Å²) >= 11 is 1.06. The summed E-state index contributed by atoms with van der Waals surface area (Å²) in [6.07, 6.45) is 5.94. The van der Waals surface area contributed by atoms with Crippen LogP contribution >= 0.6 is 11.3 Å². The number of esters is 1. The highest BCUT2D eigenvalue weighted by atomic mass is 32.1. The van der Waals surface area contributed by atoms with E-state index in [1.807, 2.05) is 12.1 Å². The number of furan rings is 1. The number of allylic oxidation sites excluding steroid dienone is 1. The number of ether oxygens (including phenoxy) is 1. The minimum absolute atomic E-state index is 0.0607. The Morgan fingerprint density at radius 3 is 2.56 bits per heavy atom. The summed E-state index contributed by atoms with van der Waals surface area (Å²) < 4.78 is 10.9. The molecule has 1 aliphatic rings. The van der Waals surface area contributed by atoms with Crippen molar-refractivity contribution in [3.63, 3.8) is 0 Å². The van der Waals surface area contributed by atoms with Crippen molar-refractivity contribution in [2.75, 3.05) is 24.6 Å². The quantitative estimate of drug-likeness (QED) is 0.338. The van der Waals surface area contributed by atoms with Gasteiger partial charge in [-0.05, 0) is 38.3 Å². The fraction of sp³-hybridized carbons (Fsp3) is 0.417. The number of hydrogen-bond acceptors (Lipinski definition) is 8. The average molecular weight is 452 g/mol. The van der Waals surface area contributed by atoms with Crippen LogP contribution in [0.2, 0.25) is 0 Å². The van der Waals surface area contributed by atoms with Gasteiger partial charge in [-0.1, -0.05) is 12.8 Å². The Bertz CT molecular complexity index is 1110. The van der Waals surface area contributed by atoms with Crippen LogP contribution in [0, 0.1) is 29.6 Å². The molecule has 2 aromatic heterocycles. The maximum atomic E-state index is 12.8. The van der Waals surface area contributed by atoms with E-state index in [-0.39, 0.29) is 24.2 Å². The van der Waals surface area contributed by atoms with Crippen molar-refractivity contribution in [1.82, 2.24) is 0 Å². The molecule has 1 aliphatic heterocycles. The number of hydrogen-bond donors (Lipinski definition) is 0. The molecule has 8 heteroatoms. The fourth-order valence-corrected chi connectivity index (χ4v) is 4.82. The van der Waals surface area contributed by atoms with Crippen molar-refractivity contribution >= 4 is 35.0 Å². The second kappa shape index (κ2) is 10.8. The van der Waals surface area contributed by atoms with E-state index < -0.39 is 11.8 Å². The Hall–Kier alpha value is -3.36. The molecule has 0 N–H and O–H groups in total. The minimum Gasteiger partial charge on any atom is -0.462 e. The van der Waals surface area contributed by atoms with Crippen LogP contribution in [0.15, 0.2) is 22.1 Å². The number of anilines is 1. The Morgan fingerprint density at radius 2 is 1.94 bits per heavy atom. The van der Waals surface area contributed by atoms with E-state index in [1.54, 1.807) is 19.9 Å². The van der Waals surface area contributed by atoms with E-state index in [1.165, 1.54) is 18.9 Å². The number of carbonyl (C=O) groups excluding carboxylic acids is 2. The molecule has 0 saturated carbocycles. The molecule has 7 nitrogen and oxygen atoms in total. The molecule has 0 atom stereocenters. The van der Waals surface area contributed by atoms with E-state index >= 15 is 0 Å². The van der Waals surface area contributed by atoms with Crippen LogP contribution in [0.5, 0.6) is 0 Å². The molecule has 1 fully saturated rings.